The second kappa shape index (κ2) is 9.51. The lowest BCUT2D eigenvalue weighted by molar-refractivity contribution is 0.391. The molecule has 1 N–H and O–H groups in total. The van der Waals surface area contributed by atoms with Gasteiger partial charge in [-0.1, -0.05) is 52.4 Å². The molecule has 0 saturated carbocycles. The zero-order valence-corrected chi connectivity index (χ0v) is 10.6. The van der Waals surface area contributed by atoms with Crippen LogP contribution in [0, 0.1) is 5.92 Å². The van der Waals surface area contributed by atoms with Gasteiger partial charge in [0.2, 0.25) is 0 Å². The van der Waals surface area contributed by atoms with E-state index in [0.717, 1.165) is 5.92 Å². The van der Waals surface area contributed by atoms with E-state index in [0.29, 0.717) is 6.04 Å². The molecule has 0 heterocycles. The molecule has 14 heavy (non-hydrogen) atoms. The normalized spacial score (nSPS) is 15.4. The molecule has 0 bridgehead atoms. The average molecular weight is 199 g/mol. The van der Waals surface area contributed by atoms with Crippen molar-refractivity contribution in [1.29, 1.82) is 0 Å². The molecule has 0 fully saturated rings. The lowest BCUT2D eigenvalue weighted by Gasteiger charge is -2.15. The standard InChI is InChI=1S/C13H29N/c1-5-7-10-13(6-2)11-8-9-12(3)14-4/h12-14H,5-11H2,1-4H3. The summed E-state index contributed by atoms with van der Waals surface area (Å²) in [6.07, 6.45) is 9.74. The third kappa shape index (κ3) is 7.37. The predicted molar refractivity (Wildman–Crippen MR) is 65.7 cm³/mol. The summed E-state index contributed by atoms with van der Waals surface area (Å²) < 4.78 is 0. The van der Waals surface area contributed by atoms with Crippen molar-refractivity contribution in [3.63, 3.8) is 0 Å². The maximum absolute atomic E-state index is 3.30. The van der Waals surface area contributed by atoms with Gasteiger partial charge in [-0.15, -0.1) is 0 Å². The summed E-state index contributed by atoms with van der Waals surface area (Å²) in [6, 6.07) is 0.693. The largest absolute Gasteiger partial charge is 0.317 e. The van der Waals surface area contributed by atoms with E-state index in [9.17, 15) is 0 Å². The first-order chi connectivity index (χ1) is 6.74. The number of rotatable bonds is 9. The van der Waals surface area contributed by atoms with Crippen molar-refractivity contribution >= 4 is 0 Å². The summed E-state index contributed by atoms with van der Waals surface area (Å²) in [5.74, 6) is 0.985. The van der Waals surface area contributed by atoms with E-state index in [4.69, 9.17) is 0 Å². The first-order valence-electron chi connectivity index (χ1n) is 6.41. The molecule has 1 nitrogen and oxygen atoms in total. The van der Waals surface area contributed by atoms with Gasteiger partial charge in [0.15, 0.2) is 0 Å². The molecule has 0 rings (SSSR count). The quantitative estimate of drug-likeness (QED) is 0.592. The van der Waals surface area contributed by atoms with Crippen LogP contribution in [0.1, 0.15) is 65.7 Å². The molecule has 0 radical (unpaired) electrons. The Morgan fingerprint density at radius 2 is 1.64 bits per heavy atom. The van der Waals surface area contributed by atoms with E-state index in [2.05, 4.69) is 33.1 Å². The molecule has 0 amide bonds. The van der Waals surface area contributed by atoms with E-state index in [1.54, 1.807) is 0 Å². The highest BCUT2D eigenvalue weighted by Gasteiger charge is 2.06. The Morgan fingerprint density at radius 3 is 2.14 bits per heavy atom. The minimum Gasteiger partial charge on any atom is -0.317 e. The predicted octanol–water partition coefficient (Wildman–Crippen LogP) is 3.98. The number of hydrogen-bond acceptors (Lipinski definition) is 1. The van der Waals surface area contributed by atoms with Crippen LogP contribution < -0.4 is 5.32 Å². The van der Waals surface area contributed by atoms with Gasteiger partial charge in [-0.05, 0) is 26.3 Å². The van der Waals surface area contributed by atoms with Gasteiger partial charge in [0, 0.05) is 6.04 Å². The van der Waals surface area contributed by atoms with Crippen molar-refractivity contribution in [3.8, 4) is 0 Å². The molecule has 2 unspecified atom stereocenters. The maximum atomic E-state index is 3.30. The van der Waals surface area contributed by atoms with Gasteiger partial charge in [-0.3, -0.25) is 0 Å². The van der Waals surface area contributed by atoms with E-state index in [1.165, 1.54) is 44.9 Å². The molecule has 1 heteroatoms. The van der Waals surface area contributed by atoms with Crippen LogP contribution in [0.4, 0.5) is 0 Å². The smallest absolute Gasteiger partial charge is 0.00357 e. The number of nitrogens with one attached hydrogen (secondary N) is 1. The molecule has 2 atom stereocenters. The average Bonchev–Trinajstić information content (AvgIpc) is 2.22. The van der Waals surface area contributed by atoms with Gasteiger partial charge < -0.3 is 5.32 Å². The zero-order valence-electron chi connectivity index (χ0n) is 10.6. The van der Waals surface area contributed by atoms with Crippen LogP contribution >= 0.6 is 0 Å². The Bertz CT molecular complexity index is 112. The van der Waals surface area contributed by atoms with E-state index in [-0.39, 0.29) is 0 Å². The topological polar surface area (TPSA) is 12.0 Å². The second-order valence-electron chi connectivity index (χ2n) is 4.54. The molecular formula is C13H29N. The second-order valence-corrected chi connectivity index (χ2v) is 4.54. The summed E-state index contributed by atoms with van der Waals surface area (Å²) >= 11 is 0. The maximum Gasteiger partial charge on any atom is 0.00357 e. The molecule has 0 aliphatic heterocycles. The van der Waals surface area contributed by atoms with Crippen molar-refractivity contribution in [3.05, 3.63) is 0 Å². The Hall–Kier alpha value is -0.0400. The molecule has 0 aromatic heterocycles. The summed E-state index contributed by atoms with van der Waals surface area (Å²) in [5, 5.41) is 3.30. The first kappa shape index (κ1) is 14.0. The highest BCUT2D eigenvalue weighted by Crippen LogP contribution is 2.19. The van der Waals surface area contributed by atoms with Gasteiger partial charge in [-0.2, -0.15) is 0 Å². The fourth-order valence-electron chi connectivity index (χ4n) is 1.90. The van der Waals surface area contributed by atoms with Crippen LogP contribution in [0.25, 0.3) is 0 Å². The molecule has 0 aromatic carbocycles. The van der Waals surface area contributed by atoms with Crippen LogP contribution in [-0.4, -0.2) is 13.1 Å². The molecule has 0 aliphatic carbocycles. The number of hydrogen-bond donors (Lipinski definition) is 1. The van der Waals surface area contributed by atoms with Crippen LogP contribution in [0.5, 0.6) is 0 Å². The van der Waals surface area contributed by atoms with Crippen molar-refractivity contribution in [1.82, 2.24) is 5.32 Å². The Morgan fingerprint density at radius 1 is 1.00 bits per heavy atom. The fourth-order valence-corrected chi connectivity index (χ4v) is 1.90. The third-order valence-corrected chi connectivity index (χ3v) is 3.29. The van der Waals surface area contributed by atoms with Crippen molar-refractivity contribution < 1.29 is 0 Å². The van der Waals surface area contributed by atoms with Crippen LogP contribution in [-0.2, 0) is 0 Å². The zero-order chi connectivity index (χ0) is 10.8. The Labute approximate surface area is 90.7 Å². The monoisotopic (exact) mass is 199 g/mol. The SMILES string of the molecule is CCCCC(CC)CCCC(C)NC. The van der Waals surface area contributed by atoms with Crippen LogP contribution in [0.2, 0.25) is 0 Å². The van der Waals surface area contributed by atoms with Crippen molar-refractivity contribution in [2.45, 2.75) is 71.8 Å². The third-order valence-electron chi connectivity index (χ3n) is 3.29. The van der Waals surface area contributed by atoms with E-state index < -0.39 is 0 Å². The minimum absolute atomic E-state index is 0.693. The summed E-state index contributed by atoms with van der Waals surface area (Å²) in [5.41, 5.74) is 0. The molecular weight excluding hydrogens is 170 g/mol. The minimum atomic E-state index is 0.693. The van der Waals surface area contributed by atoms with Gasteiger partial charge in [0.05, 0.1) is 0 Å². The van der Waals surface area contributed by atoms with E-state index in [1.807, 2.05) is 0 Å². The van der Waals surface area contributed by atoms with Crippen LogP contribution in [0.15, 0.2) is 0 Å². The molecule has 86 valence electrons. The fraction of sp³-hybridized carbons (Fsp3) is 1.00. The summed E-state index contributed by atoms with van der Waals surface area (Å²) in [7, 11) is 2.05. The van der Waals surface area contributed by atoms with Crippen molar-refractivity contribution in [2.75, 3.05) is 7.05 Å². The summed E-state index contributed by atoms with van der Waals surface area (Å²) in [6.45, 7) is 6.89. The van der Waals surface area contributed by atoms with Crippen LogP contribution in [0.3, 0.4) is 0 Å². The lowest BCUT2D eigenvalue weighted by Crippen LogP contribution is -2.20. The van der Waals surface area contributed by atoms with Crippen molar-refractivity contribution in [2.24, 2.45) is 5.92 Å². The highest BCUT2D eigenvalue weighted by atomic mass is 14.8. The van der Waals surface area contributed by atoms with Gasteiger partial charge in [0.1, 0.15) is 0 Å². The summed E-state index contributed by atoms with van der Waals surface area (Å²) in [4.78, 5) is 0. The Kier molecular flexibility index (Phi) is 9.49. The Balaban J connectivity index is 3.42. The first-order valence-corrected chi connectivity index (χ1v) is 6.41. The molecule has 0 aliphatic rings. The van der Waals surface area contributed by atoms with Gasteiger partial charge in [-0.25, -0.2) is 0 Å². The van der Waals surface area contributed by atoms with Gasteiger partial charge in [0.25, 0.3) is 0 Å². The molecule has 0 aromatic rings. The number of unbranched alkanes of at least 4 members (excludes halogenated alkanes) is 1. The van der Waals surface area contributed by atoms with E-state index >= 15 is 0 Å². The highest BCUT2D eigenvalue weighted by molar-refractivity contribution is 4.62. The molecule has 0 spiro atoms. The van der Waals surface area contributed by atoms with Gasteiger partial charge >= 0.3 is 0 Å². The molecule has 0 saturated heterocycles. The lowest BCUT2D eigenvalue weighted by atomic mass is 9.93.